The molecule has 140 valence electrons. The van der Waals surface area contributed by atoms with E-state index in [1.54, 1.807) is 0 Å². The number of hydrogen-bond donors (Lipinski definition) is 3. The summed E-state index contributed by atoms with van der Waals surface area (Å²) in [5, 5.41) is 23.7. The van der Waals surface area contributed by atoms with Gasteiger partial charge in [0.2, 0.25) is 0 Å². The molecule has 1 aliphatic rings. The van der Waals surface area contributed by atoms with Crippen LogP contribution in [-0.4, -0.2) is 47.2 Å². The Morgan fingerprint density at radius 3 is 2.62 bits per heavy atom. The van der Waals surface area contributed by atoms with Crippen LogP contribution in [0.2, 0.25) is 0 Å². The fourth-order valence-corrected chi connectivity index (χ4v) is 3.28. The zero-order chi connectivity index (χ0) is 18.9. The summed E-state index contributed by atoms with van der Waals surface area (Å²) in [7, 11) is 0. The first-order valence-corrected chi connectivity index (χ1v) is 8.98. The first-order valence-electron chi connectivity index (χ1n) is 8.98. The van der Waals surface area contributed by atoms with Crippen molar-refractivity contribution in [3.8, 4) is 6.07 Å². The number of rotatable bonds is 9. The van der Waals surface area contributed by atoms with Crippen LogP contribution in [0.25, 0.3) is 0 Å². The predicted octanol–water partition coefficient (Wildman–Crippen LogP) is 2.27. The highest BCUT2D eigenvalue weighted by Crippen LogP contribution is 2.26. The Labute approximate surface area is 154 Å². The molecule has 0 aromatic heterocycles. The molecule has 1 aromatic rings. The Morgan fingerprint density at radius 2 is 2.04 bits per heavy atom. The van der Waals surface area contributed by atoms with Crippen LogP contribution in [0.5, 0.6) is 0 Å². The lowest BCUT2D eigenvalue weighted by molar-refractivity contribution is -0.139. The highest BCUT2D eigenvalue weighted by Gasteiger charge is 2.34. The molecule has 1 fully saturated rings. The van der Waals surface area contributed by atoms with Gasteiger partial charge >= 0.3 is 12.0 Å². The van der Waals surface area contributed by atoms with Crippen LogP contribution >= 0.6 is 0 Å². The zero-order valence-corrected chi connectivity index (χ0v) is 15.0. The van der Waals surface area contributed by atoms with Gasteiger partial charge in [-0.2, -0.15) is 5.26 Å². The number of amides is 2. The van der Waals surface area contributed by atoms with Crippen molar-refractivity contribution in [1.82, 2.24) is 15.5 Å². The van der Waals surface area contributed by atoms with E-state index in [4.69, 9.17) is 10.4 Å². The number of carboxylic acid groups (broad SMARTS) is 1. The minimum Gasteiger partial charge on any atom is -0.480 e. The molecule has 7 nitrogen and oxygen atoms in total. The van der Waals surface area contributed by atoms with Crippen molar-refractivity contribution in [2.45, 2.75) is 50.7 Å². The molecule has 0 radical (unpaired) electrons. The van der Waals surface area contributed by atoms with Crippen LogP contribution in [0.3, 0.4) is 0 Å². The Bertz CT molecular complexity index is 638. The monoisotopic (exact) mass is 358 g/mol. The molecule has 1 aliphatic carbocycles. The minimum atomic E-state index is -0.829. The Morgan fingerprint density at radius 1 is 1.35 bits per heavy atom. The summed E-state index contributed by atoms with van der Waals surface area (Å²) < 4.78 is 0. The number of urea groups is 1. The van der Waals surface area contributed by atoms with Gasteiger partial charge in [0.15, 0.2) is 0 Å². The molecule has 2 amide bonds. The van der Waals surface area contributed by atoms with E-state index in [0.29, 0.717) is 19.4 Å². The molecule has 1 atom stereocenters. The van der Waals surface area contributed by atoms with Crippen LogP contribution in [0.15, 0.2) is 30.3 Å². The molecule has 2 rings (SSSR count). The quantitative estimate of drug-likeness (QED) is 0.628. The van der Waals surface area contributed by atoms with Crippen molar-refractivity contribution in [1.29, 1.82) is 5.26 Å². The second-order valence-corrected chi connectivity index (χ2v) is 6.56. The highest BCUT2D eigenvalue weighted by atomic mass is 16.4. The SMILES string of the molecule is CCN(CC(=O)O)C1CC(NC(=O)NC(CCC#N)c2ccccc2)C1. The van der Waals surface area contributed by atoms with Crippen molar-refractivity contribution in [2.24, 2.45) is 0 Å². The average molecular weight is 358 g/mol. The number of nitrogens with one attached hydrogen (secondary N) is 2. The summed E-state index contributed by atoms with van der Waals surface area (Å²) in [6.45, 7) is 2.65. The van der Waals surface area contributed by atoms with Crippen molar-refractivity contribution in [2.75, 3.05) is 13.1 Å². The molecule has 1 aromatic carbocycles. The lowest BCUT2D eigenvalue weighted by atomic mass is 9.85. The zero-order valence-electron chi connectivity index (χ0n) is 15.0. The Kier molecular flexibility index (Phi) is 7.42. The second kappa shape index (κ2) is 9.78. The molecular formula is C19H26N4O3. The van der Waals surface area contributed by atoms with E-state index in [1.807, 2.05) is 42.2 Å². The Balaban J connectivity index is 1.82. The smallest absolute Gasteiger partial charge is 0.317 e. The van der Waals surface area contributed by atoms with E-state index in [-0.39, 0.29) is 30.7 Å². The number of carbonyl (C=O) groups excluding carboxylic acids is 1. The maximum Gasteiger partial charge on any atom is 0.317 e. The summed E-state index contributed by atoms with van der Waals surface area (Å²) in [5.74, 6) is -0.829. The first kappa shape index (κ1) is 19.7. The lowest BCUT2D eigenvalue weighted by Crippen LogP contribution is -2.56. The van der Waals surface area contributed by atoms with Gasteiger partial charge in [0.1, 0.15) is 0 Å². The highest BCUT2D eigenvalue weighted by molar-refractivity contribution is 5.75. The van der Waals surface area contributed by atoms with Crippen LogP contribution < -0.4 is 10.6 Å². The molecule has 7 heteroatoms. The number of nitrogens with zero attached hydrogens (tertiary/aromatic N) is 2. The minimum absolute atomic E-state index is 0.0321. The van der Waals surface area contributed by atoms with Gasteiger partial charge in [0.25, 0.3) is 0 Å². The summed E-state index contributed by atoms with van der Waals surface area (Å²) in [5.41, 5.74) is 0.975. The average Bonchev–Trinajstić information content (AvgIpc) is 2.60. The standard InChI is InChI=1S/C19H26N4O3/c1-2-23(13-18(24)25)16-11-15(12-16)21-19(26)22-17(9-6-10-20)14-7-4-3-5-8-14/h3-5,7-8,15-17H,2,6,9,11-13H2,1H3,(H,24,25)(H2,21,22,26). The third-order valence-corrected chi connectivity index (χ3v) is 4.76. The van der Waals surface area contributed by atoms with Crippen molar-refractivity contribution in [3.63, 3.8) is 0 Å². The largest absolute Gasteiger partial charge is 0.480 e. The van der Waals surface area contributed by atoms with E-state index in [9.17, 15) is 9.59 Å². The number of aliphatic carboxylic acids is 1. The van der Waals surface area contributed by atoms with Crippen LogP contribution in [0, 0.1) is 11.3 Å². The number of benzene rings is 1. The molecule has 0 spiro atoms. The molecule has 1 unspecified atom stereocenters. The van der Waals surface area contributed by atoms with Gasteiger partial charge in [-0.25, -0.2) is 4.79 Å². The van der Waals surface area contributed by atoms with E-state index in [0.717, 1.165) is 18.4 Å². The Hall–Kier alpha value is -2.59. The third-order valence-electron chi connectivity index (χ3n) is 4.76. The summed E-state index contributed by atoms with van der Waals surface area (Å²) in [6.07, 6.45) is 2.43. The number of likely N-dealkylation sites (N-methyl/N-ethyl adjacent to an activating group) is 1. The van der Waals surface area contributed by atoms with E-state index in [1.165, 1.54) is 0 Å². The normalized spacial score (nSPS) is 19.9. The lowest BCUT2D eigenvalue weighted by Gasteiger charge is -2.42. The molecule has 0 heterocycles. The summed E-state index contributed by atoms with van der Waals surface area (Å²) in [6, 6.07) is 11.5. The van der Waals surface area contributed by atoms with Gasteiger partial charge in [-0.1, -0.05) is 37.3 Å². The van der Waals surface area contributed by atoms with E-state index >= 15 is 0 Å². The van der Waals surface area contributed by atoms with Crippen molar-refractivity contribution < 1.29 is 14.7 Å². The van der Waals surface area contributed by atoms with Gasteiger partial charge in [0, 0.05) is 18.5 Å². The fraction of sp³-hybridized carbons (Fsp3) is 0.526. The molecule has 26 heavy (non-hydrogen) atoms. The molecule has 0 bridgehead atoms. The van der Waals surface area contributed by atoms with Crippen molar-refractivity contribution >= 4 is 12.0 Å². The third kappa shape index (κ3) is 5.74. The van der Waals surface area contributed by atoms with E-state index < -0.39 is 5.97 Å². The van der Waals surface area contributed by atoms with Crippen LogP contribution in [0.1, 0.15) is 44.2 Å². The number of carbonyl (C=O) groups is 2. The summed E-state index contributed by atoms with van der Waals surface area (Å²) >= 11 is 0. The van der Waals surface area contributed by atoms with E-state index in [2.05, 4.69) is 16.7 Å². The molecule has 3 N–H and O–H groups in total. The number of hydrogen-bond acceptors (Lipinski definition) is 4. The number of carboxylic acids is 1. The topological polar surface area (TPSA) is 105 Å². The molecule has 0 aliphatic heterocycles. The first-order chi connectivity index (χ1) is 12.5. The second-order valence-electron chi connectivity index (χ2n) is 6.56. The summed E-state index contributed by atoms with van der Waals surface area (Å²) in [4.78, 5) is 25.1. The molecule has 0 saturated heterocycles. The molecular weight excluding hydrogens is 332 g/mol. The van der Waals surface area contributed by atoms with Gasteiger partial charge in [-0.3, -0.25) is 9.69 Å². The maximum absolute atomic E-state index is 12.3. The van der Waals surface area contributed by atoms with Crippen LogP contribution in [0.4, 0.5) is 4.79 Å². The van der Waals surface area contributed by atoms with Crippen LogP contribution in [-0.2, 0) is 4.79 Å². The predicted molar refractivity (Wildman–Crippen MR) is 97.4 cm³/mol. The van der Waals surface area contributed by atoms with Gasteiger partial charge in [0.05, 0.1) is 18.7 Å². The van der Waals surface area contributed by atoms with Gasteiger partial charge in [-0.05, 0) is 31.4 Å². The molecule has 1 saturated carbocycles. The van der Waals surface area contributed by atoms with Gasteiger partial charge < -0.3 is 15.7 Å². The van der Waals surface area contributed by atoms with Gasteiger partial charge in [-0.15, -0.1) is 0 Å². The van der Waals surface area contributed by atoms with Crippen molar-refractivity contribution in [3.05, 3.63) is 35.9 Å². The maximum atomic E-state index is 12.3. The fourth-order valence-electron chi connectivity index (χ4n) is 3.28. The number of nitriles is 1.